The minimum atomic E-state index is -0.0796. The fraction of sp³-hybridized carbons (Fsp3) is 0.500. The van der Waals surface area contributed by atoms with E-state index in [2.05, 4.69) is 30.1 Å². The lowest BCUT2D eigenvalue weighted by atomic mass is 9.98. The zero-order valence-corrected chi connectivity index (χ0v) is 14.1. The van der Waals surface area contributed by atoms with E-state index in [1.54, 1.807) is 12.1 Å². The van der Waals surface area contributed by atoms with Crippen molar-refractivity contribution >= 4 is 11.7 Å². The van der Waals surface area contributed by atoms with Gasteiger partial charge in [-0.15, -0.1) is 6.42 Å². The summed E-state index contributed by atoms with van der Waals surface area (Å²) in [5, 5.41) is 2.93. The number of likely N-dealkylation sites (tertiary alicyclic amines) is 1. The van der Waals surface area contributed by atoms with E-state index in [-0.39, 0.29) is 18.7 Å². The van der Waals surface area contributed by atoms with E-state index in [0.29, 0.717) is 11.8 Å². The molecule has 1 fully saturated rings. The monoisotopic (exact) mass is 315 g/mol. The topological polar surface area (TPSA) is 44.8 Å². The highest BCUT2D eigenvalue weighted by atomic mass is 16.5. The number of carbonyl (C=O) groups excluding carboxylic acids is 1. The Hall–Kier alpha value is -2.19. The molecule has 0 spiro atoms. The summed E-state index contributed by atoms with van der Waals surface area (Å²) < 4.78 is 5.32. The van der Waals surface area contributed by atoms with Crippen LogP contribution < -0.4 is 10.1 Å². The molecule has 0 saturated carbocycles. The van der Waals surface area contributed by atoms with E-state index < -0.39 is 0 Å². The first-order valence-electron chi connectivity index (χ1n) is 7.91. The van der Waals surface area contributed by atoms with E-state index in [1.165, 1.54) is 0 Å². The van der Waals surface area contributed by atoms with Gasteiger partial charge in [-0.3, -0.25) is 0 Å². The number of amides is 2. The van der Waals surface area contributed by atoms with E-state index >= 15 is 0 Å². The molecule has 5 nitrogen and oxygen atoms in total. The maximum atomic E-state index is 12.4. The lowest BCUT2D eigenvalue weighted by molar-refractivity contribution is 0.120. The number of piperidine rings is 1. The van der Waals surface area contributed by atoms with Gasteiger partial charge in [0.25, 0.3) is 0 Å². The number of urea groups is 1. The van der Waals surface area contributed by atoms with Crippen LogP contribution in [0.4, 0.5) is 10.5 Å². The first-order valence-corrected chi connectivity index (χ1v) is 7.91. The molecule has 2 rings (SSSR count). The highest BCUT2D eigenvalue weighted by molar-refractivity contribution is 5.89. The molecule has 2 amide bonds. The van der Waals surface area contributed by atoms with Gasteiger partial charge in [0.2, 0.25) is 0 Å². The van der Waals surface area contributed by atoms with Gasteiger partial charge < -0.3 is 19.9 Å². The lowest BCUT2D eigenvalue weighted by Crippen LogP contribution is -2.49. The molecule has 1 aromatic carbocycles. The summed E-state index contributed by atoms with van der Waals surface area (Å²) in [4.78, 5) is 16.5. The third kappa shape index (κ3) is 4.64. The van der Waals surface area contributed by atoms with Crippen molar-refractivity contribution in [2.75, 3.05) is 32.6 Å². The second kappa shape index (κ2) is 7.89. The van der Waals surface area contributed by atoms with Crippen LogP contribution in [0.1, 0.15) is 19.8 Å². The van der Waals surface area contributed by atoms with Crippen LogP contribution in [0, 0.1) is 12.3 Å². The average Bonchev–Trinajstić information content (AvgIpc) is 2.56. The van der Waals surface area contributed by atoms with Crippen LogP contribution in [0.5, 0.6) is 5.75 Å². The number of benzene rings is 1. The minimum Gasteiger partial charge on any atom is -0.481 e. The predicted octanol–water partition coefficient (Wildman–Crippen LogP) is 2.65. The van der Waals surface area contributed by atoms with Crippen molar-refractivity contribution in [2.24, 2.45) is 0 Å². The van der Waals surface area contributed by atoms with Gasteiger partial charge in [-0.2, -0.15) is 0 Å². The van der Waals surface area contributed by atoms with Gasteiger partial charge in [-0.1, -0.05) is 5.92 Å². The highest BCUT2D eigenvalue weighted by Crippen LogP contribution is 2.21. The Morgan fingerprint density at radius 3 is 2.78 bits per heavy atom. The number of ether oxygens (including phenoxy) is 1. The second-order valence-electron chi connectivity index (χ2n) is 6.07. The maximum absolute atomic E-state index is 12.4. The predicted molar refractivity (Wildman–Crippen MR) is 92.7 cm³/mol. The van der Waals surface area contributed by atoms with Crippen LogP contribution >= 0.6 is 0 Å². The molecule has 1 N–H and O–H groups in total. The van der Waals surface area contributed by atoms with E-state index in [0.717, 1.165) is 25.1 Å². The number of nitrogens with one attached hydrogen (secondary N) is 1. The zero-order chi connectivity index (χ0) is 16.8. The molecule has 5 heteroatoms. The van der Waals surface area contributed by atoms with Crippen LogP contribution in [-0.4, -0.2) is 55.2 Å². The molecule has 124 valence electrons. The van der Waals surface area contributed by atoms with Crippen molar-refractivity contribution in [1.82, 2.24) is 9.80 Å². The van der Waals surface area contributed by atoms with Crippen molar-refractivity contribution in [2.45, 2.75) is 31.8 Å². The zero-order valence-electron chi connectivity index (χ0n) is 14.1. The van der Waals surface area contributed by atoms with Gasteiger partial charge in [0.15, 0.2) is 0 Å². The largest absolute Gasteiger partial charge is 0.481 e. The fourth-order valence-electron chi connectivity index (χ4n) is 2.75. The molecule has 1 aliphatic heterocycles. The number of rotatable bonds is 4. The molecule has 23 heavy (non-hydrogen) atoms. The van der Waals surface area contributed by atoms with Gasteiger partial charge in [-0.05, 0) is 51.1 Å². The molecule has 0 radical (unpaired) electrons. The fourth-order valence-corrected chi connectivity index (χ4v) is 2.75. The van der Waals surface area contributed by atoms with Gasteiger partial charge in [0.05, 0.1) is 0 Å². The molecular weight excluding hydrogens is 290 g/mol. The summed E-state index contributed by atoms with van der Waals surface area (Å²) in [5.74, 6) is 3.11. The van der Waals surface area contributed by atoms with E-state index in [4.69, 9.17) is 11.2 Å². The van der Waals surface area contributed by atoms with Gasteiger partial charge in [-0.25, -0.2) is 4.79 Å². The Labute approximate surface area is 138 Å². The minimum absolute atomic E-state index is 0.0796. The van der Waals surface area contributed by atoms with Crippen LogP contribution in [0.15, 0.2) is 24.3 Å². The van der Waals surface area contributed by atoms with Gasteiger partial charge >= 0.3 is 6.03 Å². The number of nitrogens with zero attached hydrogens (tertiary/aromatic N) is 2. The van der Waals surface area contributed by atoms with Gasteiger partial charge in [0.1, 0.15) is 12.4 Å². The molecule has 2 atom stereocenters. The third-order valence-corrected chi connectivity index (χ3v) is 4.48. The van der Waals surface area contributed by atoms with Crippen molar-refractivity contribution in [3.63, 3.8) is 0 Å². The molecular formula is C18H25N3O2. The molecule has 0 bridgehead atoms. The van der Waals surface area contributed by atoms with E-state index in [1.807, 2.05) is 24.1 Å². The molecule has 1 heterocycles. The number of carbonyl (C=O) groups is 1. The summed E-state index contributed by atoms with van der Waals surface area (Å²) in [7, 11) is 3.99. The summed E-state index contributed by atoms with van der Waals surface area (Å²) >= 11 is 0. The van der Waals surface area contributed by atoms with E-state index in [9.17, 15) is 4.79 Å². The van der Waals surface area contributed by atoms with Crippen LogP contribution in [0.2, 0.25) is 0 Å². The Morgan fingerprint density at radius 1 is 1.48 bits per heavy atom. The molecule has 1 saturated heterocycles. The molecule has 1 aromatic rings. The van der Waals surface area contributed by atoms with Crippen molar-refractivity contribution in [1.29, 1.82) is 0 Å². The Morgan fingerprint density at radius 2 is 2.17 bits per heavy atom. The van der Waals surface area contributed by atoms with Crippen LogP contribution in [0.25, 0.3) is 0 Å². The van der Waals surface area contributed by atoms with Gasteiger partial charge in [0, 0.05) is 31.4 Å². The molecule has 1 aliphatic rings. The SMILES string of the molecule is C#CCOc1ccc(NC(=O)N(C)C2CCN(C)C(C)C2)cc1. The number of terminal acetylenes is 1. The van der Waals surface area contributed by atoms with Crippen LogP contribution in [0.3, 0.4) is 0 Å². The number of hydrogen-bond acceptors (Lipinski definition) is 3. The Bertz CT molecular complexity index is 565. The maximum Gasteiger partial charge on any atom is 0.321 e. The average molecular weight is 315 g/mol. The van der Waals surface area contributed by atoms with Crippen molar-refractivity contribution in [3.05, 3.63) is 24.3 Å². The summed E-state index contributed by atoms with van der Waals surface area (Å²) in [6.07, 6.45) is 7.16. The number of hydrogen-bond donors (Lipinski definition) is 1. The Balaban J connectivity index is 1.89. The second-order valence-corrected chi connectivity index (χ2v) is 6.07. The number of anilines is 1. The first kappa shape index (κ1) is 17.2. The lowest BCUT2D eigenvalue weighted by Gasteiger charge is -2.39. The van der Waals surface area contributed by atoms with Crippen LogP contribution in [-0.2, 0) is 0 Å². The summed E-state index contributed by atoms with van der Waals surface area (Å²) in [6.45, 7) is 3.46. The molecule has 0 aromatic heterocycles. The highest BCUT2D eigenvalue weighted by Gasteiger charge is 2.28. The van der Waals surface area contributed by atoms with Crippen molar-refractivity contribution in [3.8, 4) is 18.1 Å². The standard InChI is InChI=1S/C18H25N3O2/c1-5-12-23-17-8-6-15(7-9-17)19-18(22)21(4)16-10-11-20(3)14(2)13-16/h1,6-9,14,16H,10-13H2,2-4H3,(H,19,22). The normalized spacial score (nSPS) is 21.3. The smallest absolute Gasteiger partial charge is 0.321 e. The summed E-state index contributed by atoms with van der Waals surface area (Å²) in [6, 6.07) is 7.92. The quantitative estimate of drug-likeness (QED) is 0.869. The van der Waals surface area contributed by atoms with Crippen molar-refractivity contribution < 1.29 is 9.53 Å². The first-order chi connectivity index (χ1) is 11.0. The third-order valence-electron chi connectivity index (χ3n) is 4.48. The molecule has 2 unspecified atom stereocenters. The summed E-state index contributed by atoms with van der Waals surface area (Å²) in [5.41, 5.74) is 0.746. The molecule has 0 aliphatic carbocycles. The Kier molecular flexibility index (Phi) is 5.89.